The molecule has 0 spiro atoms. The Morgan fingerprint density at radius 1 is 1.16 bits per heavy atom. The third-order valence-electron chi connectivity index (χ3n) is 4.74. The maximum atomic E-state index is 13.0. The van der Waals surface area contributed by atoms with E-state index in [4.69, 9.17) is 10.5 Å². The molecule has 5 heteroatoms. The molecule has 2 unspecified atom stereocenters. The van der Waals surface area contributed by atoms with Gasteiger partial charge in [0, 0.05) is 29.2 Å². The first-order valence-electron chi connectivity index (χ1n) is 8.11. The van der Waals surface area contributed by atoms with Gasteiger partial charge >= 0.3 is 0 Å². The number of hydrogen-bond donors (Lipinski definition) is 1. The van der Waals surface area contributed by atoms with E-state index >= 15 is 0 Å². The fourth-order valence-electron chi connectivity index (χ4n) is 3.61. The lowest BCUT2D eigenvalue weighted by Crippen LogP contribution is -2.29. The molecule has 2 aliphatic rings. The van der Waals surface area contributed by atoms with Crippen molar-refractivity contribution in [3.8, 4) is 6.07 Å². The van der Waals surface area contributed by atoms with Crippen molar-refractivity contribution in [3.05, 3.63) is 81.1 Å². The van der Waals surface area contributed by atoms with E-state index in [9.17, 15) is 10.1 Å². The summed E-state index contributed by atoms with van der Waals surface area (Å²) in [5.74, 6) is 0.425. The molecule has 0 saturated heterocycles. The number of rotatable bonds is 2. The second-order valence-corrected chi connectivity index (χ2v) is 7.20. The average Bonchev–Trinajstić information content (AvgIpc) is 3.16. The molecule has 1 aliphatic heterocycles. The highest BCUT2D eigenvalue weighted by atomic mass is 32.1. The van der Waals surface area contributed by atoms with E-state index in [0.29, 0.717) is 29.7 Å². The van der Waals surface area contributed by atoms with Gasteiger partial charge in [0.05, 0.1) is 5.92 Å². The summed E-state index contributed by atoms with van der Waals surface area (Å²) in [5, 5.41) is 11.6. The van der Waals surface area contributed by atoms with Crippen LogP contribution in [0.2, 0.25) is 0 Å². The molecule has 2 N–H and O–H groups in total. The third kappa shape index (κ3) is 2.65. The van der Waals surface area contributed by atoms with Crippen LogP contribution in [0.3, 0.4) is 0 Å². The number of nitriles is 1. The summed E-state index contributed by atoms with van der Waals surface area (Å²) in [6.45, 7) is 0. The van der Waals surface area contributed by atoms with Crippen molar-refractivity contribution in [1.82, 2.24) is 0 Å². The Labute approximate surface area is 149 Å². The molecule has 1 aliphatic carbocycles. The van der Waals surface area contributed by atoms with Gasteiger partial charge in [0.1, 0.15) is 17.4 Å². The largest absolute Gasteiger partial charge is 0.444 e. The summed E-state index contributed by atoms with van der Waals surface area (Å²) in [6, 6.07) is 15.7. The summed E-state index contributed by atoms with van der Waals surface area (Å²) >= 11 is 1.65. The number of thiophene rings is 1. The lowest BCUT2D eigenvalue weighted by atomic mass is 9.75. The molecular weight excluding hydrogens is 332 g/mol. The number of ketones is 1. The lowest BCUT2D eigenvalue weighted by Gasteiger charge is -2.33. The molecule has 4 rings (SSSR count). The van der Waals surface area contributed by atoms with Gasteiger partial charge in [-0.1, -0.05) is 36.4 Å². The van der Waals surface area contributed by atoms with Gasteiger partial charge < -0.3 is 10.5 Å². The van der Waals surface area contributed by atoms with Gasteiger partial charge in [-0.15, -0.1) is 11.3 Å². The van der Waals surface area contributed by atoms with Crippen LogP contribution in [0.1, 0.15) is 35.1 Å². The molecule has 1 aromatic heterocycles. The van der Waals surface area contributed by atoms with Crippen LogP contribution in [-0.4, -0.2) is 5.78 Å². The van der Waals surface area contributed by atoms with Crippen LogP contribution < -0.4 is 5.73 Å². The summed E-state index contributed by atoms with van der Waals surface area (Å²) in [4.78, 5) is 14.2. The number of ether oxygens (including phenoxy) is 1. The third-order valence-corrected chi connectivity index (χ3v) is 5.77. The summed E-state index contributed by atoms with van der Waals surface area (Å²) in [7, 11) is 0. The topological polar surface area (TPSA) is 76.1 Å². The predicted molar refractivity (Wildman–Crippen MR) is 95.4 cm³/mol. The van der Waals surface area contributed by atoms with Gasteiger partial charge in [0.15, 0.2) is 5.78 Å². The number of carbonyl (C=O) groups excluding carboxylic acids is 1. The average molecular weight is 348 g/mol. The van der Waals surface area contributed by atoms with Gasteiger partial charge in [-0.05, 0) is 17.0 Å². The van der Waals surface area contributed by atoms with Crippen molar-refractivity contribution in [3.63, 3.8) is 0 Å². The Bertz CT molecular complexity index is 920. The molecule has 2 heterocycles. The van der Waals surface area contributed by atoms with Gasteiger partial charge in [0.25, 0.3) is 0 Å². The second kappa shape index (κ2) is 6.23. The minimum Gasteiger partial charge on any atom is -0.444 e. The van der Waals surface area contributed by atoms with E-state index in [-0.39, 0.29) is 17.6 Å². The van der Waals surface area contributed by atoms with Crippen molar-refractivity contribution in [1.29, 1.82) is 5.26 Å². The quantitative estimate of drug-likeness (QED) is 0.891. The molecule has 0 bridgehead atoms. The fourth-order valence-corrected chi connectivity index (χ4v) is 4.44. The molecule has 0 amide bonds. The van der Waals surface area contributed by atoms with Crippen molar-refractivity contribution in [2.75, 3.05) is 0 Å². The maximum Gasteiger partial charge on any atom is 0.205 e. The molecule has 2 aromatic rings. The van der Waals surface area contributed by atoms with E-state index in [1.54, 1.807) is 11.3 Å². The summed E-state index contributed by atoms with van der Waals surface area (Å²) in [6.07, 6.45) is 1.06. The zero-order valence-corrected chi connectivity index (χ0v) is 14.3. The van der Waals surface area contributed by atoms with Crippen molar-refractivity contribution in [2.24, 2.45) is 5.73 Å². The summed E-state index contributed by atoms with van der Waals surface area (Å²) in [5.41, 5.74) is 7.82. The van der Waals surface area contributed by atoms with Gasteiger partial charge in [0.2, 0.25) is 5.88 Å². The van der Waals surface area contributed by atoms with Crippen molar-refractivity contribution in [2.45, 2.75) is 24.7 Å². The van der Waals surface area contributed by atoms with Crippen LogP contribution in [0.15, 0.2) is 70.6 Å². The zero-order valence-electron chi connectivity index (χ0n) is 13.4. The van der Waals surface area contributed by atoms with Crippen molar-refractivity contribution >= 4 is 17.1 Å². The number of nitrogens with two attached hydrogens (primary N) is 1. The molecule has 124 valence electrons. The predicted octanol–water partition coefficient (Wildman–Crippen LogP) is 3.96. The minimum absolute atomic E-state index is 0.0359. The molecular formula is C20H16N2O2S. The molecule has 25 heavy (non-hydrogen) atoms. The Kier molecular flexibility index (Phi) is 3.90. The molecule has 4 nitrogen and oxygen atoms in total. The Morgan fingerprint density at radius 2 is 1.96 bits per heavy atom. The molecule has 0 saturated carbocycles. The number of Topliss-reactive ketones (excluding diaryl/α,β-unsaturated/α-hetero) is 1. The number of nitrogens with zero attached hydrogens (tertiary/aromatic N) is 1. The number of carbonyl (C=O) groups is 1. The minimum atomic E-state index is -0.438. The standard InChI is InChI=1S/C20H16N2O2S/c21-11-14-18(12-5-2-1-3-6-12)19-15(23)9-13(17-7-4-8-25-17)10-16(19)24-20(14)22/h1-8,13,18H,9-10,22H2. The maximum absolute atomic E-state index is 13.0. The molecule has 2 atom stereocenters. The van der Waals surface area contributed by atoms with E-state index in [0.717, 1.165) is 5.56 Å². The monoisotopic (exact) mass is 348 g/mol. The first-order valence-corrected chi connectivity index (χ1v) is 8.99. The van der Waals surface area contributed by atoms with Crippen LogP contribution in [0.4, 0.5) is 0 Å². The zero-order chi connectivity index (χ0) is 17.4. The molecule has 0 radical (unpaired) electrons. The normalized spacial score (nSPS) is 23.1. The first kappa shape index (κ1) is 15.7. The van der Waals surface area contributed by atoms with Crippen LogP contribution in [0.25, 0.3) is 0 Å². The first-order chi connectivity index (χ1) is 12.2. The highest BCUT2D eigenvalue weighted by Crippen LogP contribution is 2.47. The van der Waals surface area contributed by atoms with E-state index in [2.05, 4.69) is 6.07 Å². The van der Waals surface area contributed by atoms with E-state index in [1.165, 1.54) is 4.88 Å². The van der Waals surface area contributed by atoms with Gasteiger partial charge in [-0.2, -0.15) is 5.26 Å². The summed E-state index contributed by atoms with van der Waals surface area (Å²) < 4.78 is 5.74. The van der Waals surface area contributed by atoms with E-state index < -0.39 is 5.92 Å². The van der Waals surface area contributed by atoms with Crippen molar-refractivity contribution < 1.29 is 9.53 Å². The smallest absolute Gasteiger partial charge is 0.205 e. The van der Waals surface area contributed by atoms with Gasteiger partial charge in [-0.25, -0.2) is 0 Å². The SMILES string of the molecule is N#CC1=C(N)OC2=C(C(=O)CC(c3cccs3)C2)C1c1ccccc1. The number of hydrogen-bond acceptors (Lipinski definition) is 5. The van der Waals surface area contributed by atoms with Crippen LogP contribution in [0, 0.1) is 11.3 Å². The lowest BCUT2D eigenvalue weighted by molar-refractivity contribution is -0.117. The highest BCUT2D eigenvalue weighted by molar-refractivity contribution is 7.10. The number of allylic oxidation sites excluding steroid dienone is 3. The Morgan fingerprint density at radius 3 is 2.64 bits per heavy atom. The molecule has 0 fully saturated rings. The molecule has 1 aromatic carbocycles. The second-order valence-electron chi connectivity index (χ2n) is 6.22. The number of benzene rings is 1. The highest BCUT2D eigenvalue weighted by Gasteiger charge is 2.40. The van der Waals surface area contributed by atoms with E-state index in [1.807, 2.05) is 47.8 Å². The Balaban J connectivity index is 1.80. The van der Waals surface area contributed by atoms with Crippen LogP contribution in [-0.2, 0) is 9.53 Å². The Hall–Kier alpha value is -2.84. The fraction of sp³-hybridized carbons (Fsp3) is 0.200. The van der Waals surface area contributed by atoms with Crippen LogP contribution in [0.5, 0.6) is 0 Å². The van der Waals surface area contributed by atoms with Crippen LogP contribution >= 0.6 is 11.3 Å². The van der Waals surface area contributed by atoms with Gasteiger partial charge in [-0.3, -0.25) is 4.79 Å².